The first-order valence-corrected chi connectivity index (χ1v) is 20.3. The molecule has 0 bridgehead atoms. The monoisotopic (exact) mass is 690 g/mol. The summed E-state index contributed by atoms with van der Waals surface area (Å²) in [5.41, 5.74) is 15.8. The zero-order valence-electron chi connectivity index (χ0n) is 31.3. The summed E-state index contributed by atoms with van der Waals surface area (Å²) in [5.74, 6) is 1.40. The third-order valence-corrected chi connectivity index (χ3v) is 13.2. The number of para-hydroxylation sites is 2. The normalized spacial score (nSPS) is 17.2. The van der Waals surface area contributed by atoms with Gasteiger partial charge in [0.05, 0.1) is 11.0 Å². The first kappa shape index (κ1) is 32.6. The van der Waals surface area contributed by atoms with Crippen LogP contribution in [0.3, 0.4) is 0 Å². The molecule has 2 nitrogen and oxygen atoms in total. The molecule has 2 saturated carbocycles. The highest BCUT2D eigenvalue weighted by Crippen LogP contribution is 2.54. The van der Waals surface area contributed by atoms with Gasteiger partial charge >= 0.3 is 0 Å². The summed E-state index contributed by atoms with van der Waals surface area (Å²) >= 11 is 0. The van der Waals surface area contributed by atoms with Crippen LogP contribution in [-0.4, -0.2) is 4.57 Å². The van der Waals surface area contributed by atoms with Gasteiger partial charge in [0.15, 0.2) is 0 Å². The van der Waals surface area contributed by atoms with Crippen LogP contribution in [0.4, 0.5) is 17.1 Å². The van der Waals surface area contributed by atoms with Gasteiger partial charge in [-0.25, -0.2) is 0 Å². The topological polar surface area (TPSA) is 8.17 Å². The van der Waals surface area contributed by atoms with E-state index in [4.69, 9.17) is 0 Å². The standard InChI is InChI=1S/C51H50N2/c1-51(2)47-34-42(30-31-43(47)45-32-33-46-44-20-12-13-21-48(44)53(50(46)49(45)51)39-18-10-5-11-19-39)52(40-26-22-37(23-27-40)35-14-6-3-7-15-35)41-28-24-38(25-29-41)36-16-8-4-9-17-36/h5,10-13,18-36H,3-4,6-9,14-17H2,1-2H3. The Bertz CT molecular complexity index is 2360. The minimum Gasteiger partial charge on any atom is -0.310 e. The SMILES string of the molecule is CC1(C)c2cc(N(c3ccc(C4CCCCC4)cc3)c3ccc(C4CCCCC4)cc3)ccc2-c2ccc3c4ccccc4n(-c4ccccc4)c3c21. The maximum absolute atomic E-state index is 2.51. The molecule has 1 aromatic heterocycles. The van der Waals surface area contributed by atoms with Crippen LogP contribution in [0.25, 0.3) is 38.6 Å². The summed E-state index contributed by atoms with van der Waals surface area (Å²) in [6.07, 6.45) is 13.5. The highest BCUT2D eigenvalue weighted by molar-refractivity contribution is 6.13. The largest absolute Gasteiger partial charge is 0.310 e. The lowest BCUT2D eigenvalue weighted by Crippen LogP contribution is -2.18. The fourth-order valence-corrected chi connectivity index (χ4v) is 10.4. The number of nitrogens with zero attached hydrogens (tertiary/aromatic N) is 2. The zero-order chi connectivity index (χ0) is 35.5. The molecule has 3 aliphatic rings. The minimum atomic E-state index is -0.206. The lowest BCUT2D eigenvalue weighted by Gasteiger charge is -2.29. The Labute approximate surface area is 315 Å². The molecule has 2 fully saturated rings. The number of hydrogen-bond acceptors (Lipinski definition) is 1. The number of fused-ring (bicyclic) bond motifs is 7. The molecule has 0 unspecified atom stereocenters. The predicted molar refractivity (Wildman–Crippen MR) is 225 cm³/mol. The van der Waals surface area contributed by atoms with Crippen molar-refractivity contribution in [2.75, 3.05) is 4.90 Å². The van der Waals surface area contributed by atoms with Gasteiger partial charge < -0.3 is 9.47 Å². The van der Waals surface area contributed by atoms with Gasteiger partial charge in [-0.2, -0.15) is 0 Å². The highest BCUT2D eigenvalue weighted by Gasteiger charge is 2.39. The van der Waals surface area contributed by atoms with Crippen LogP contribution in [0.5, 0.6) is 0 Å². The minimum absolute atomic E-state index is 0.206. The molecule has 0 aliphatic heterocycles. The average Bonchev–Trinajstić information content (AvgIpc) is 3.67. The average molecular weight is 691 g/mol. The Morgan fingerprint density at radius 3 is 1.68 bits per heavy atom. The summed E-state index contributed by atoms with van der Waals surface area (Å²) in [6.45, 7) is 4.88. The van der Waals surface area contributed by atoms with E-state index >= 15 is 0 Å². The van der Waals surface area contributed by atoms with Gasteiger partial charge in [0.1, 0.15) is 0 Å². The third-order valence-electron chi connectivity index (χ3n) is 13.2. The lowest BCUT2D eigenvalue weighted by molar-refractivity contribution is 0.443. The van der Waals surface area contributed by atoms with E-state index in [1.165, 1.54) is 142 Å². The van der Waals surface area contributed by atoms with Crippen LogP contribution in [-0.2, 0) is 5.41 Å². The second-order valence-corrected chi connectivity index (χ2v) is 16.6. The van der Waals surface area contributed by atoms with E-state index in [1.54, 1.807) is 0 Å². The Kier molecular flexibility index (Phi) is 8.05. The first-order chi connectivity index (χ1) is 26.1. The van der Waals surface area contributed by atoms with Crippen molar-refractivity contribution in [2.24, 2.45) is 0 Å². The first-order valence-electron chi connectivity index (χ1n) is 20.3. The van der Waals surface area contributed by atoms with E-state index in [0.29, 0.717) is 11.8 Å². The molecule has 10 rings (SSSR count). The van der Waals surface area contributed by atoms with Gasteiger partial charge in [0, 0.05) is 38.9 Å². The molecule has 53 heavy (non-hydrogen) atoms. The Morgan fingerprint density at radius 1 is 0.509 bits per heavy atom. The summed E-state index contributed by atoms with van der Waals surface area (Å²) in [5, 5.41) is 2.63. The molecule has 0 N–H and O–H groups in total. The van der Waals surface area contributed by atoms with Crippen LogP contribution in [0.1, 0.15) is 112 Å². The van der Waals surface area contributed by atoms with E-state index in [1.807, 2.05) is 0 Å². The van der Waals surface area contributed by atoms with Gasteiger partial charge in [-0.05, 0) is 125 Å². The molecule has 0 radical (unpaired) electrons. The van der Waals surface area contributed by atoms with Gasteiger partial charge in [-0.1, -0.05) is 131 Å². The van der Waals surface area contributed by atoms with Crippen LogP contribution in [0, 0.1) is 0 Å². The molecule has 3 aliphatic carbocycles. The molecule has 6 aromatic carbocycles. The van der Waals surface area contributed by atoms with Crippen LogP contribution in [0.2, 0.25) is 0 Å². The van der Waals surface area contributed by atoms with E-state index in [-0.39, 0.29) is 5.41 Å². The Balaban J connectivity index is 1.11. The van der Waals surface area contributed by atoms with Crippen molar-refractivity contribution in [2.45, 2.75) is 95.3 Å². The molecule has 1 heterocycles. The predicted octanol–water partition coefficient (Wildman–Crippen LogP) is 14.7. The fraction of sp³-hybridized carbons (Fsp3) is 0.294. The molecule has 7 aromatic rings. The second-order valence-electron chi connectivity index (χ2n) is 16.6. The number of hydrogen-bond donors (Lipinski definition) is 0. The molecule has 0 saturated heterocycles. The quantitative estimate of drug-likeness (QED) is 0.169. The summed E-state index contributed by atoms with van der Waals surface area (Å²) in [4.78, 5) is 2.51. The van der Waals surface area contributed by atoms with E-state index in [0.717, 1.165) is 0 Å². The Hall–Kier alpha value is -5.08. The summed E-state index contributed by atoms with van der Waals surface area (Å²) < 4.78 is 2.51. The molecule has 2 heteroatoms. The van der Waals surface area contributed by atoms with Gasteiger partial charge in [0.2, 0.25) is 0 Å². The smallest absolute Gasteiger partial charge is 0.0588 e. The van der Waals surface area contributed by atoms with Gasteiger partial charge in [-0.3, -0.25) is 0 Å². The molecule has 0 amide bonds. The Morgan fingerprint density at radius 2 is 1.06 bits per heavy atom. The number of anilines is 3. The van der Waals surface area contributed by atoms with E-state index < -0.39 is 0 Å². The summed E-state index contributed by atoms with van der Waals surface area (Å²) in [6, 6.07) is 51.0. The number of aromatic nitrogens is 1. The lowest BCUT2D eigenvalue weighted by atomic mass is 9.81. The van der Waals surface area contributed by atoms with Crippen molar-refractivity contribution in [3.63, 3.8) is 0 Å². The summed E-state index contributed by atoms with van der Waals surface area (Å²) in [7, 11) is 0. The van der Waals surface area contributed by atoms with Crippen molar-refractivity contribution in [3.8, 4) is 16.8 Å². The fourth-order valence-electron chi connectivity index (χ4n) is 10.4. The molecular formula is C51H50N2. The van der Waals surface area contributed by atoms with Gasteiger partial charge in [0.25, 0.3) is 0 Å². The van der Waals surface area contributed by atoms with Crippen molar-refractivity contribution in [1.29, 1.82) is 0 Å². The van der Waals surface area contributed by atoms with Crippen molar-refractivity contribution < 1.29 is 0 Å². The molecular weight excluding hydrogens is 641 g/mol. The van der Waals surface area contributed by atoms with Gasteiger partial charge in [-0.15, -0.1) is 0 Å². The zero-order valence-corrected chi connectivity index (χ0v) is 31.3. The van der Waals surface area contributed by atoms with Crippen molar-refractivity contribution >= 4 is 38.9 Å². The highest BCUT2D eigenvalue weighted by atomic mass is 15.1. The number of benzene rings is 6. The molecule has 0 spiro atoms. The van der Waals surface area contributed by atoms with Crippen molar-refractivity contribution in [1.82, 2.24) is 4.57 Å². The van der Waals surface area contributed by atoms with Crippen molar-refractivity contribution in [3.05, 3.63) is 156 Å². The third kappa shape index (κ3) is 5.44. The van der Waals surface area contributed by atoms with Crippen LogP contribution < -0.4 is 4.90 Å². The molecule has 0 atom stereocenters. The molecule has 264 valence electrons. The van der Waals surface area contributed by atoms with Crippen LogP contribution >= 0.6 is 0 Å². The number of rotatable bonds is 6. The van der Waals surface area contributed by atoms with Crippen LogP contribution in [0.15, 0.2) is 133 Å². The maximum Gasteiger partial charge on any atom is 0.0588 e. The second kappa shape index (κ2) is 13.1. The maximum atomic E-state index is 2.51. The van der Waals surface area contributed by atoms with E-state index in [9.17, 15) is 0 Å². The van der Waals surface area contributed by atoms with E-state index in [2.05, 4.69) is 157 Å².